The van der Waals surface area contributed by atoms with Gasteiger partial charge in [0.15, 0.2) is 0 Å². The normalized spacial score (nSPS) is 21.8. The van der Waals surface area contributed by atoms with Gasteiger partial charge in [-0.2, -0.15) is 0 Å². The fourth-order valence-corrected chi connectivity index (χ4v) is 5.67. The second kappa shape index (κ2) is 6.71. The predicted octanol–water partition coefficient (Wildman–Crippen LogP) is 7.30. The summed E-state index contributed by atoms with van der Waals surface area (Å²) in [5.41, 5.74) is 14.6. The first kappa shape index (κ1) is 17.7. The monoisotopic (exact) mass is 386 g/mol. The summed E-state index contributed by atoms with van der Waals surface area (Å²) in [7, 11) is 0. The van der Waals surface area contributed by atoms with Crippen molar-refractivity contribution < 1.29 is 0 Å². The molecule has 0 radical (unpaired) electrons. The first-order chi connectivity index (χ1) is 14.7. The topological polar surface area (TPSA) is 0 Å². The molecule has 0 aromatic heterocycles. The highest BCUT2D eigenvalue weighted by molar-refractivity contribution is 5.76. The zero-order valence-corrected chi connectivity index (χ0v) is 17.7. The average molecular weight is 387 g/mol. The molecule has 4 aliphatic rings. The van der Waals surface area contributed by atoms with E-state index < -0.39 is 0 Å². The van der Waals surface area contributed by atoms with Crippen LogP contribution >= 0.6 is 0 Å². The second-order valence-corrected chi connectivity index (χ2v) is 8.96. The molecule has 2 unspecified atom stereocenters. The molecule has 146 valence electrons. The maximum absolute atomic E-state index is 2.43. The predicted molar refractivity (Wildman–Crippen MR) is 128 cm³/mol. The Labute approximate surface area is 179 Å². The average Bonchev–Trinajstić information content (AvgIpc) is 3.32. The van der Waals surface area contributed by atoms with Crippen LogP contribution in [0.3, 0.4) is 0 Å². The third kappa shape index (κ3) is 2.60. The Morgan fingerprint density at radius 3 is 1.53 bits per heavy atom. The molecule has 0 saturated carbocycles. The number of hydrogen-bond donors (Lipinski definition) is 0. The summed E-state index contributed by atoms with van der Waals surface area (Å²) in [6.07, 6.45) is 24.9. The van der Waals surface area contributed by atoms with Crippen LogP contribution in [-0.2, 0) is 12.8 Å². The molecule has 0 spiro atoms. The molecule has 2 atom stereocenters. The second-order valence-electron chi connectivity index (χ2n) is 8.96. The molecule has 0 N–H and O–H groups in total. The highest BCUT2D eigenvalue weighted by Gasteiger charge is 2.27. The van der Waals surface area contributed by atoms with Crippen LogP contribution in [0.5, 0.6) is 0 Å². The van der Waals surface area contributed by atoms with Crippen molar-refractivity contribution in [2.75, 3.05) is 0 Å². The van der Waals surface area contributed by atoms with Crippen LogP contribution in [0.25, 0.3) is 12.2 Å². The van der Waals surface area contributed by atoms with Gasteiger partial charge in [0.2, 0.25) is 0 Å². The third-order valence-electron chi connectivity index (χ3n) is 7.29. The zero-order valence-electron chi connectivity index (χ0n) is 17.7. The lowest BCUT2D eigenvalue weighted by Crippen LogP contribution is -2.04. The molecule has 30 heavy (non-hydrogen) atoms. The molecular formula is C30H26. The van der Waals surface area contributed by atoms with Gasteiger partial charge in [-0.25, -0.2) is 0 Å². The molecule has 0 aliphatic heterocycles. The van der Waals surface area contributed by atoms with E-state index in [0.717, 1.165) is 12.8 Å². The molecule has 0 nitrogen and oxygen atoms in total. The molecule has 0 saturated heterocycles. The SMILES string of the molecule is Cc1ccc2c(c1CCc1c(C)ccc3c1C=C1C=CC=CC13)C=C1C=CC=CC12. The van der Waals surface area contributed by atoms with Crippen molar-refractivity contribution in [1.29, 1.82) is 0 Å². The van der Waals surface area contributed by atoms with Crippen molar-refractivity contribution in [2.24, 2.45) is 0 Å². The summed E-state index contributed by atoms with van der Waals surface area (Å²) in [4.78, 5) is 0. The molecule has 0 heteroatoms. The lowest BCUT2D eigenvalue weighted by Gasteiger charge is -2.18. The standard InChI is InChI=1S/C30H26/c1-19-11-13-27-25-9-5-3-7-21(25)17-29(27)23(19)15-16-24-20(2)12-14-28-26-10-6-4-8-22(26)18-30(24)28/h3-14,17-18,25-26H,15-16H2,1-2H3. The van der Waals surface area contributed by atoms with Crippen molar-refractivity contribution in [3.63, 3.8) is 0 Å². The molecule has 0 amide bonds. The maximum atomic E-state index is 2.43. The third-order valence-corrected chi connectivity index (χ3v) is 7.29. The molecular weight excluding hydrogens is 360 g/mol. The van der Waals surface area contributed by atoms with Crippen LogP contribution in [0.1, 0.15) is 56.3 Å². The van der Waals surface area contributed by atoms with Crippen molar-refractivity contribution in [2.45, 2.75) is 38.5 Å². The van der Waals surface area contributed by atoms with E-state index in [0.29, 0.717) is 11.8 Å². The van der Waals surface area contributed by atoms with Crippen molar-refractivity contribution in [3.05, 3.63) is 129 Å². The Morgan fingerprint density at radius 2 is 1.07 bits per heavy atom. The van der Waals surface area contributed by atoms with Gasteiger partial charge < -0.3 is 0 Å². The van der Waals surface area contributed by atoms with Gasteiger partial charge in [0.05, 0.1) is 0 Å². The summed E-state index contributed by atoms with van der Waals surface area (Å²) in [6.45, 7) is 4.55. The number of fused-ring (bicyclic) bond motifs is 6. The van der Waals surface area contributed by atoms with E-state index in [1.807, 2.05) is 0 Å². The Bertz CT molecular complexity index is 1150. The van der Waals surface area contributed by atoms with Crippen LogP contribution in [-0.4, -0.2) is 0 Å². The number of rotatable bonds is 3. The zero-order chi connectivity index (χ0) is 20.2. The maximum Gasteiger partial charge on any atom is 0.0278 e. The van der Waals surface area contributed by atoms with Gasteiger partial charge in [-0.15, -0.1) is 0 Å². The van der Waals surface area contributed by atoms with Gasteiger partial charge in [-0.3, -0.25) is 0 Å². The van der Waals surface area contributed by atoms with E-state index in [-0.39, 0.29) is 0 Å². The lowest BCUT2D eigenvalue weighted by atomic mass is 9.86. The summed E-state index contributed by atoms with van der Waals surface area (Å²) in [5, 5.41) is 0. The molecule has 0 heterocycles. The molecule has 0 fully saturated rings. The van der Waals surface area contributed by atoms with Gasteiger partial charge in [0.1, 0.15) is 0 Å². The highest BCUT2D eigenvalue weighted by Crippen LogP contribution is 2.44. The summed E-state index contributed by atoms with van der Waals surface area (Å²) < 4.78 is 0. The molecule has 4 aliphatic carbocycles. The number of allylic oxidation sites excluding steroid dienone is 10. The first-order valence-corrected chi connectivity index (χ1v) is 11.1. The summed E-state index contributed by atoms with van der Waals surface area (Å²) in [6, 6.07) is 9.33. The van der Waals surface area contributed by atoms with E-state index in [4.69, 9.17) is 0 Å². The quantitative estimate of drug-likeness (QED) is 0.519. The molecule has 6 rings (SSSR count). The fraction of sp³-hybridized carbons (Fsp3) is 0.200. The Morgan fingerprint density at radius 1 is 0.600 bits per heavy atom. The molecule has 2 aromatic carbocycles. The van der Waals surface area contributed by atoms with Gasteiger partial charge >= 0.3 is 0 Å². The van der Waals surface area contributed by atoms with Crippen LogP contribution < -0.4 is 0 Å². The minimum atomic E-state index is 0.443. The minimum absolute atomic E-state index is 0.443. The lowest BCUT2D eigenvalue weighted by molar-refractivity contribution is 0.921. The van der Waals surface area contributed by atoms with E-state index >= 15 is 0 Å². The number of aryl methyl sites for hydroxylation is 2. The summed E-state index contributed by atoms with van der Waals surface area (Å²) >= 11 is 0. The van der Waals surface area contributed by atoms with Crippen LogP contribution in [0.2, 0.25) is 0 Å². The van der Waals surface area contributed by atoms with E-state index in [2.05, 4.69) is 98.9 Å². The van der Waals surface area contributed by atoms with Crippen LogP contribution in [0, 0.1) is 13.8 Å². The minimum Gasteiger partial charge on any atom is -0.0726 e. The molecule has 0 bridgehead atoms. The fourth-order valence-electron chi connectivity index (χ4n) is 5.67. The van der Waals surface area contributed by atoms with Crippen LogP contribution in [0.15, 0.2) is 84.0 Å². The van der Waals surface area contributed by atoms with Gasteiger partial charge in [0, 0.05) is 11.8 Å². The smallest absolute Gasteiger partial charge is 0.0278 e. The van der Waals surface area contributed by atoms with Crippen molar-refractivity contribution in [3.8, 4) is 0 Å². The molecule has 2 aromatic rings. The van der Waals surface area contributed by atoms with Gasteiger partial charge in [-0.1, -0.05) is 85.0 Å². The van der Waals surface area contributed by atoms with E-state index in [1.165, 1.54) is 55.7 Å². The largest absolute Gasteiger partial charge is 0.0726 e. The van der Waals surface area contributed by atoms with Crippen molar-refractivity contribution >= 4 is 12.2 Å². The Kier molecular flexibility index (Phi) is 3.96. The first-order valence-electron chi connectivity index (χ1n) is 11.1. The number of benzene rings is 2. The van der Waals surface area contributed by atoms with Gasteiger partial charge in [-0.05, 0) is 82.3 Å². The Balaban J connectivity index is 1.38. The van der Waals surface area contributed by atoms with Crippen LogP contribution in [0.4, 0.5) is 0 Å². The summed E-state index contributed by atoms with van der Waals surface area (Å²) in [5.74, 6) is 0.886. The van der Waals surface area contributed by atoms with E-state index in [9.17, 15) is 0 Å². The van der Waals surface area contributed by atoms with Gasteiger partial charge in [0.25, 0.3) is 0 Å². The Hall–Kier alpha value is -3.12. The van der Waals surface area contributed by atoms with E-state index in [1.54, 1.807) is 0 Å². The highest BCUT2D eigenvalue weighted by atomic mass is 14.3. The number of hydrogen-bond acceptors (Lipinski definition) is 0. The van der Waals surface area contributed by atoms with Crippen molar-refractivity contribution in [1.82, 2.24) is 0 Å².